The van der Waals surface area contributed by atoms with E-state index in [-0.39, 0.29) is 23.9 Å². The smallest absolute Gasteiger partial charge is 0.309 e. The highest BCUT2D eigenvalue weighted by atomic mass is 35.5. The van der Waals surface area contributed by atoms with Crippen LogP contribution in [0.3, 0.4) is 0 Å². The fraction of sp³-hybridized carbons (Fsp3) is 0.588. The van der Waals surface area contributed by atoms with Crippen molar-refractivity contribution in [3.05, 3.63) is 34.9 Å². The van der Waals surface area contributed by atoms with E-state index in [0.29, 0.717) is 0 Å². The zero-order valence-electron chi connectivity index (χ0n) is 12.4. The number of ether oxygens (including phenoxy) is 1. The number of hydrogen-bond acceptors (Lipinski definition) is 3. The average Bonchev–Trinajstić information content (AvgIpc) is 3.28. The Labute approximate surface area is 131 Å². The van der Waals surface area contributed by atoms with Gasteiger partial charge in [0.25, 0.3) is 0 Å². The summed E-state index contributed by atoms with van der Waals surface area (Å²) in [4.78, 5) is 14.6. The summed E-state index contributed by atoms with van der Waals surface area (Å²) in [5.74, 6) is 0.210. The molecular formula is C17H22ClNO2. The minimum absolute atomic E-state index is 0.00176. The summed E-state index contributed by atoms with van der Waals surface area (Å²) in [6.45, 7) is 5.18. The zero-order chi connectivity index (χ0) is 14.8. The summed E-state index contributed by atoms with van der Waals surface area (Å²) in [6.07, 6.45) is 3.04. The summed E-state index contributed by atoms with van der Waals surface area (Å²) in [5, 5.41) is 0.757. The van der Waals surface area contributed by atoms with Gasteiger partial charge in [-0.25, -0.2) is 0 Å². The molecule has 3 unspecified atom stereocenters. The molecule has 1 aliphatic carbocycles. The Morgan fingerprint density at radius 2 is 2.24 bits per heavy atom. The lowest BCUT2D eigenvalue weighted by atomic mass is 10.1. The molecule has 0 N–H and O–H groups in total. The van der Waals surface area contributed by atoms with Crippen LogP contribution in [0.5, 0.6) is 0 Å². The van der Waals surface area contributed by atoms with E-state index in [1.807, 2.05) is 24.3 Å². The second-order valence-electron chi connectivity index (χ2n) is 6.06. The fourth-order valence-corrected chi connectivity index (χ4v) is 3.50. The Kier molecular flexibility index (Phi) is 4.51. The number of likely N-dealkylation sites (N-methyl/N-ethyl adjacent to an activating group) is 1. The predicted octanol–water partition coefficient (Wildman–Crippen LogP) is 3.47. The first-order valence-corrected chi connectivity index (χ1v) is 8.24. The number of nitrogens with zero attached hydrogens (tertiary/aromatic N) is 1. The van der Waals surface area contributed by atoms with Gasteiger partial charge in [0.1, 0.15) is 6.10 Å². The number of rotatable bonds is 4. The van der Waals surface area contributed by atoms with E-state index in [4.69, 9.17) is 16.3 Å². The highest BCUT2D eigenvalue weighted by molar-refractivity contribution is 6.31. The van der Waals surface area contributed by atoms with Crippen molar-refractivity contribution in [2.45, 2.75) is 38.2 Å². The summed E-state index contributed by atoms with van der Waals surface area (Å²) in [6, 6.07) is 7.79. The molecule has 2 fully saturated rings. The zero-order valence-corrected chi connectivity index (χ0v) is 13.2. The van der Waals surface area contributed by atoms with E-state index in [0.717, 1.165) is 49.5 Å². The topological polar surface area (TPSA) is 29.5 Å². The van der Waals surface area contributed by atoms with Crippen LogP contribution in [0.4, 0.5) is 0 Å². The molecule has 3 nitrogen and oxygen atoms in total. The molecule has 0 spiro atoms. The first-order chi connectivity index (χ1) is 10.2. The summed E-state index contributed by atoms with van der Waals surface area (Å²) in [7, 11) is 0. The van der Waals surface area contributed by atoms with Crippen LogP contribution >= 0.6 is 11.6 Å². The predicted molar refractivity (Wildman–Crippen MR) is 83.5 cm³/mol. The van der Waals surface area contributed by atoms with Crippen molar-refractivity contribution in [3.8, 4) is 0 Å². The first kappa shape index (κ1) is 14.9. The maximum absolute atomic E-state index is 12.3. The molecule has 3 rings (SSSR count). The van der Waals surface area contributed by atoms with Gasteiger partial charge in [0.15, 0.2) is 0 Å². The molecule has 0 radical (unpaired) electrons. The average molecular weight is 308 g/mol. The fourth-order valence-electron chi connectivity index (χ4n) is 3.22. The second kappa shape index (κ2) is 6.37. The summed E-state index contributed by atoms with van der Waals surface area (Å²) < 4.78 is 5.72. The molecule has 0 bridgehead atoms. The standard InChI is InChI=1S/C17H22ClNO2/c1-2-19-9-5-6-12(11-19)21-17(20)15-10-14(15)13-7-3-4-8-16(13)18/h3-4,7-8,12,14-15H,2,5-6,9-11H2,1H3. The highest BCUT2D eigenvalue weighted by Crippen LogP contribution is 2.50. The van der Waals surface area contributed by atoms with E-state index in [1.54, 1.807) is 0 Å². The molecule has 2 aliphatic rings. The summed E-state index contributed by atoms with van der Waals surface area (Å²) in [5.41, 5.74) is 1.08. The number of halogens is 1. The Morgan fingerprint density at radius 1 is 1.43 bits per heavy atom. The van der Waals surface area contributed by atoms with Crippen LogP contribution in [-0.4, -0.2) is 36.6 Å². The van der Waals surface area contributed by atoms with Crippen LogP contribution in [0.25, 0.3) is 0 Å². The molecule has 4 heteroatoms. The van der Waals surface area contributed by atoms with Crippen molar-refractivity contribution >= 4 is 17.6 Å². The van der Waals surface area contributed by atoms with Gasteiger partial charge in [0.2, 0.25) is 0 Å². The third-order valence-corrected chi connectivity index (χ3v) is 4.93. The number of carbonyl (C=O) groups is 1. The van der Waals surface area contributed by atoms with Crippen LogP contribution < -0.4 is 0 Å². The normalized spacial score (nSPS) is 29.1. The van der Waals surface area contributed by atoms with Gasteiger partial charge in [0, 0.05) is 11.6 Å². The molecule has 3 atom stereocenters. The van der Waals surface area contributed by atoms with E-state index >= 15 is 0 Å². The van der Waals surface area contributed by atoms with Crippen LogP contribution in [0.2, 0.25) is 5.02 Å². The maximum atomic E-state index is 12.3. The van der Waals surface area contributed by atoms with Gasteiger partial charge < -0.3 is 4.74 Å². The molecule has 1 aromatic carbocycles. The van der Waals surface area contributed by atoms with Crippen molar-refractivity contribution in [3.63, 3.8) is 0 Å². The minimum atomic E-state index is -0.0390. The third-order valence-electron chi connectivity index (χ3n) is 4.59. The van der Waals surface area contributed by atoms with Crippen molar-refractivity contribution in [2.75, 3.05) is 19.6 Å². The van der Waals surface area contributed by atoms with Crippen molar-refractivity contribution < 1.29 is 9.53 Å². The van der Waals surface area contributed by atoms with Crippen molar-refractivity contribution in [1.82, 2.24) is 4.90 Å². The lowest BCUT2D eigenvalue weighted by Crippen LogP contribution is -2.40. The SMILES string of the molecule is CCN1CCCC(OC(=O)C2CC2c2ccccc2Cl)C1. The van der Waals surface area contributed by atoms with Crippen LogP contribution in [0, 0.1) is 5.92 Å². The molecule has 1 heterocycles. The van der Waals surface area contributed by atoms with Gasteiger partial charge in [-0.15, -0.1) is 0 Å². The number of esters is 1. The summed E-state index contributed by atoms with van der Waals surface area (Å²) >= 11 is 6.20. The Morgan fingerprint density at radius 3 is 3.00 bits per heavy atom. The molecular weight excluding hydrogens is 286 g/mol. The third kappa shape index (κ3) is 3.41. The van der Waals surface area contributed by atoms with Gasteiger partial charge in [0.05, 0.1) is 5.92 Å². The van der Waals surface area contributed by atoms with Crippen LogP contribution in [-0.2, 0) is 9.53 Å². The van der Waals surface area contributed by atoms with Crippen LogP contribution in [0.1, 0.15) is 37.7 Å². The van der Waals surface area contributed by atoms with Gasteiger partial charge >= 0.3 is 5.97 Å². The number of likely N-dealkylation sites (tertiary alicyclic amines) is 1. The van der Waals surface area contributed by atoms with Crippen molar-refractivity contribution in [2.24, 2.45) is 5.92 Å². The number of piperidine rings is 1. The Bertz CT molecular complexity index is 519. The van der Waals surface area contributed by atoms with E-state index in [2.05, 4.69) is 11.8 Å². The largest absolute Gasteiger partial charge is 0.461 e. The lowest BCUT2D eigenvalue weighted by Gasteiger charge is -2.31. The molecule has 1 saturated heterocycles. The van der Waals surface area contributed by atoms with Gasteiger partial charge in [-0.2, -0.15) is 0 Å². The number of carbonyl (C=O) groups excluding carboxylic acids is 1. The Balaban J connectivity index is 1.55. The molecule has 0 aromatic heterocycles. The minimum Gasteiger partial charge on any atom is -0.461 e. The second-order valence-corrected chi connectivity index (χ2v) is 6.47. The van der Waals surface area contributed by atoms with E-state index < -0.39 is 0 Å². The van der Waals surface area contributed by atoms with Gasteiger partial charge in [-0.1, -0.05) is 36.7 Å². The Hall–Kier alpha value is -1.06. The number of hydrogen-bond donors (Lipinski definition) is 0. The molecule has 1 aliphatic heterocycles. The van der Waals surface area contributed by atoms with E-state index in [9.17, 15) is 4.79 Å². The lowest BCUT2D eigenvalue weighted by molar-refractivity contribution is -0.153. The van der Waals surface area contributed by atoms with E-state index in [1.165, 1.54) is 0 Å². The highest BCUT2D eigenvalue weighted by Gasteiger charge is 2.46. The van der Waals surface area contributed by atoms with Crippen molar-refractivity contribution in [1.29, 1.82) is 0 Å². The molecule has 1 saturated carbocycles. The van der Waals surface area contributed by atoms with Crippen LogP contribution in [0.15, 0.2) is 24.3 Å². The molecule has 1 aromatic rings. The monoisotopic (exact) mass is 307 g/mol. The molecule has 114 valence electrons. The molecule has 0 amide bonds. The van der Waals surface area contributed by atoms with Gasteiger partial charge in [-0.3, -0.25) is 9.69 Å². The maximum Gasteiger partial charge on any atom is 0.309 e. The number of benzene rings is 1. The quantitative estimate of drug-likeness (QED) is 0.798. The first-order valence-electron chi connectivity index (χ1n) is 7.86. The molecule has 21 heavy (non-hydrogen) atoms. The van der Waals surface area contributed by atoms with Gasteiger partial charge in [-0.05, 0) is 49.9 Å².